The minimum Gasteiger partial charge on any atom is -0.422 e. The number of anilines is 1. The smallest absolute Gasteiger partial charge is 0.343 e. The summed E-state index contributed by atoms with van der Waals surface area (Å²) in [6.07, 6.45) is 3.68. The number of carbonyl (C=O) groups excluding carboxylic acids is 1. The number of ether oxygens (including phenoxy) is 1. The van der Waals surface area contributed by atoms with Crippen molar-refractivity contribution in [3.8, 4) is 0 Å². The normalized spacial score (nSPS) is 15.2. The van der Waals surface area contributed by atoms with Gasteiger partial charge in [-0.15, -0.1) is 0 Å². The topological polar surface area (TPSA) is 29.5 Å². The van der Waals surface area contributed by atoms with Crippen LogP contribution in [-0.4, -0.2) is 19.1 Å². The maximum Gasteiger partial charge on any atom is 0.343 e. The average Bonchev–Trinajstić information content (AvgIpc) is 2.99. The quantitative estimate of drug-likeness (QED) is 0.580. The Morgan fingerprint density at radius 3 is 2.20 bits per heavy atom. The monoisotopic (exact) mass is 333 g/mol. The number of hydrogen-bond donors (Lipinski definition) is 0. The third-order valence-corrected chi connectivity index (χ3v) is 4.40. The third-order valence-electron chi connectivity index (χ3n) is 4.40. The van der Waals surface area contributed by atoms with Gasteiger partial charge in [0.15, 0.2) is 0 Å². The van der Waals surface area contributed by atoms with Gasteiger partial charge in [-0.25, -0.2) is 4.79 Å². The van der Waals surface area contributed by atoms with E-state index in [9.17, 15) is 4.79 Å². The van der Waals surface area contributed by atoms with Crippen LogP contribution in [0.2, 0.25) is 0 Å². The Labute approximate surface area is 149 Å². The molecule has 0 N–H and O–H groups in total. The van der Waals surface area contributed by atoms with Crippen LogP contribution in [0.5, 0.6) is 0 Å². The van der Waals surface area contributed by atoms with Gasteiger partial charge in [-0.3, -0.25) is 0 Å². The highest BCUT2D eigenvalue weighted by molar-refractivity contribution is 6.05. The molecule has 0 saturated carbocycles. The van der Waals surface area contributed by atoms with Gasteiger partial charge in [0.1, 0.15) is 5.76 Å². The molecule has 128 valence electrons. The average molecular weight is 333 g/mol. The molecule has 1 aliphatic rings. The van der Waals surface area contributed by atoms with Crippen molar-refractivity contribution in [3.05, 3.63) is 76.9 Å². The van der Waals surface area contributed by atoms with E-state index in [-0.39, 0.29) is 5.97 Å². The predicted molar refractivity (Wildman–Crippen MR) is 103 cm³/mol. The number of rotatable bonds is 5. The Morgan fingerprint density at radius 1 is 0.960 bits per heavy atom. The van der Waals surface area contributed by atoms with E-state index in [4.69, 9.17) is 4.74 Å². The van der Waals surface area contributed by atoms with Crippen LogP contribution in [0.15, 0.2) is 60.2 Å². The van der Waals surface area contributed by atoms with E-state index in [1.165, 1.54) is 11.3 Å². The molecule has 0 amide bonds. The Kier molecular flexibility index (Phi) is 5.03. The Bertz CT molecular complexity index is 810. The third kappa shape index (κ3) is 3.82. The van der Waals surface area contributed by atoms with Crippen molar-refractivity contribution in [2.45, 2.75) is 20.8 Å². The van der Waals surface area contributed by atoms with Crippen molar-refractivity contribution >= 4 is 23.5 Å². The predicted octanol–water partition coefficient (Wildman–Crippen LogP) is 4.82. The van der Waals surface area contributed by atoms with E-state index in [1.807, 2.05) is 55.5 Å². The minimum absolute atomic E-state index is 0.302. The summed E-state index contributed by atoms with van der Waals surface area (Å²) >= 11 is 0. The van der Waals surface area contributed by atoms with Crippen LogP contribution in [0, 0.1) is 6.92 Å². The van der Waals surface area contributed by atoms with E-state index in [0.717, 1.165) is 24.2 Å². The van der Waals surface area contributed by atoms with Crippen molar-refractivity contribution in [2.24, 2.45) is 0 Å². The number of benzene rings is 2. The highest BCUT2D eigenvalue weighted by Gasteiger charge is 2.21. The largest absolute Gasteiger partial charge is 0.422 e. The van der Waals surface area contributed by atoms with Crippen LogP contribution in [-0.2, 0) is 9.53 Å². The molecule has 3 rings (SSSR count). The first kappa shape index (κ1) is 17.0. The zero-order chi connectivity index (χ0) is 17.8. The number of hydrogen-bond acceptors (Lipinski definition) is 3. The fraction of sp³-hybridized carbons (Fsp3) is 0.227. The Morgan fingerprint density at radius 2 is 1.60 bits per heavy atom. The summed E-state index contributed by atoms with van der Waals surface area (Å²) in [6.45, 7) is 8.28. The zero-order valence-electron chi connectivity index (χ0n) is 15.0. The molecule has 0 bridgehead atoms. The van der Waals surface area contributed by atoms with Gasteiger partial charge in [0.05, 0.1) is 5.57 Å². The molecule has 0 fully saturated rings. The van der Waals surface area contributed by atoms with E-state index in [0.29, 0.717) is 11.3 Å². The van der Waals surface area contributed by atoms with E-state index < -0.39 is 0 Å². The fourth-order valence-corrected chi connectivity index (χ4v) is 2.90. The summed E-state index contributed by atoms with van der Waals surface area (Å²) in [5.74, 6) is 0.305. The Hall–Kier alpha value is -2.81. The van der Waals surface area contributed by atoms with Crippen LogP contribution in [0.1, 0.15) is 30.5 Å². The van der Waals surface area contributed by atoms with Crippen LogP contribution in [0.3, 0.4) is 0 Å². The summed E-state index contributed by atoms with van der Waals surface area (Å²) in [5, 5.41) is 0. The van der Waals surface area contributed by atoms with E-state index >= 15 is 0 Å². The molecule has 3 nitrogen and oxygen atoms in total. The zero-order valence-corrected chi connectivity index (χ0v) is 15.0. The first-order valence-electron chi connectivity index (χ1n) is 8.68. The summed E-state index contributed by atoms with van der Waals surface area (Å²) < 4.78 is 5.41. The van der Waals surface area contributed by atoms with Crippen LogP contribution < -0.4 is 4.90 Å². The van der Waals surface area contributed by atoms with E-state index in [2.05, 4.69) is 30.9 Å². The number of carbonyl (C=O) groups is 1. The SMILES string of the molecule is CCN(CC)c1ccc(/C=C2/C=C(c3ccc(C)cc3)OC2=O)cc1. The summed E-state index contributed by atoms with van der Waals surface area (Å²) in [6, 6.07) is 16.2. The highest BCUT2D eigenvalue weighted by atomic mass is 16.5. The molecule has 1 heterocycles. The molecule has 0 atom stereocenters. The maximum absolute atomic E-state index is 12.1. The fourth-order valence-electron chi connectivity index (χ4n) is 2.90. The van der Waals surface area contributed by atoms with Gasteiger partial charge < -0.3 is 9.64 Å². The molecule has 1 aliphatic heterocycles. The van der Waals surface area contributed by atoms with Gasteiger partial charge in [0, 0.05) is 24.3 Å². The molecule has 2 aromatic rings. The lowest BCUT2D eigenvalue weighted by molar-refractivity contribution is -0.130. The number of nitrogens with zero attached hydrogens (tertiary/aromatic N) is 1. The lowest BCUT2D eigenvalue weighted by atomic mass is 10.1. The molecule has 0 spiro atoms. The first-order chi connectivity index (χ1) is 12.1. The minimum atomic E-state index is -0.302. The molecule has 25 heavy (non-hydrogen) atoms. The standard InChI is InChI=1S/C22H23NO2/c1-4-23(5-2)20-12-8-17(9-13-20)14-19-15-21(25-22(19)24)18-10-6-16(3)7-11-18/h6-15H,4-5H2,1-3H3/b19-14-. The number of cyclic esters (lactones) is 1. The highest BCUT2D eigenvalue weighted by Crippen LogP contribution is 2.28. The van der Waals surface area contributed by atoms with Gasteiger partial charge >= 0.3 is 5.97 Å². The second-order valence-electron chi connectivity index (χ2n) is 6.13. The van der Waals surface area contributed by atoms with Gasteiger partial charge in [0.2, 0.25) is 0 Å². The van der Waals surface area contributed by atoms with Crippen molar-refractivity contribution in [1.82, 2.24) is 0 Å². The molecular formula is C22H23NO2. The second-order valence-corrected chi connectivity index (χ2v) is 6.13. The molecule has 0 aromatic heterocycles. The lowest BCUT2D eigenvalue weighted by Gasteiger charge is -2.20. The van der Waals surface area contributed by atoms with Gasteiger partial charge in [-0.1, -0.05) is 42.0 Å². The molecular weight excluding hydrogens is 310 g/mol. The molecule has 0 saturated heterocycles. The van der Waals surface area contributed by atoms with Crippen molar-refractivity contribution in [1.29, 1.82) is 0 Å². The lowest BCUT2D eigenvalue weighted by Crippen LogP contribution is -2.21. The van der Waals surface area contributed by atoms with Crippen LogP contribution in [0.25, 0.3) is 11.8 Å². The summed E-state index contributed by atoms with van der Waals surface area (Å²) in [7, 11) is 0. The summed E-state index contributed by atoms with van der Waals surface area (Å²) in [5.41, 5.74) is 4.85. The molecule has 3 heteroatoms. The number of esters is 1. The van der Waals surface area contributed by atoms with Gasteiger partial charge in [-0.05, 0) is 50.6 Å². The van der Waals surface area contributed by atoms with Crippen molar-refractivity contribution in [2.75, 3.05) is 18.0 Å². The molecule has 0 radical (unpaired) electrons. The van der Waals surface area contributed by atoms with Crippen LogP contribution >= 0.6 is 0 Å². The summed E-state index contributed by atoms with van der Waals surface area (Å²) in [4.78, 5) is 14.4. The van der Waals surface area contributed by atoms with Crippen molar-refractivity contribution in [3.63, 3.8) is 0 Å². The number of aryl methyl sites for hydroxylation is 1. The van der Waals surface area contributed by atoms with E-state index in [1.54, 1.807) is 0 Å². The maximum atomic E-state index is 12.1. The van der Waals surface area contributed by atoms with Crippen LogP contribution in [0.4, 0.5) is 5.69 Å². The Balaban J connectivity index is 1.83. The molecule has 2 aromatic carbocycles. The van der Waals surface area contributed by atoms with Gasteiger partial charge in [0.25, 0.3) is 0 Å². The van der Waals surface area contributed by atoms with Crippen molar-refractivity contribution < 1.29 is 9.53 Å². The molecule has 0 unspecified atom stereocenters. The second kappa shape index (κ2) is 7.39. The molecule has 0 aliphatic carbocycles. The first-order valence-corrected chi connectivity index (χ1v) is 8.68. The van der Waals surface area contributed by atoms with Gasteiger partial charge in [-0.2, -0.15) is 0 Å².